The second kappa shape index (κ2) is 28.7. The minimum absolute atomic E-state index is 0.00494. The van der Waals surface area contributed by atoms with E-state index in [4.69, 9.17) is 0 Å². The Bertz CT molecular complexity index is 5050. The third kappa shape index (κ3) is 18.9. The molecule has 3 aromatic heterocycles. The van der Waals surface area contributed by atoms with Crippen molar-refractivity contribution in [3.63, 3.8) is 0 Å². The fourth-order valence-corrected chi connectivity index (χ4v) is 13.0. The smallest absolute Gasteiger partial charge is 0.297 e. The van der Waals surface area contributed by atoms with Gasteiger partial charge in [0.1, 0.15) is 45.0 Å². The number of carbonyl (C=O) groups is 1. The average Bonchev–Trinajstić information content (AvgIpc) is 1.63. The number of amides is 1. The predicted octanol–water partition coefficient (Wildman–Crippen LogP) is 9.69. The highest BCUT2D eigenvalue weighted by atomic mass is 32.2. The number of hydrogen-bond donors (Lipinski definition) is 10. The number of imidazole rings is 1. The van der Waals surface area contributed by atoms with Crippen molar-refractivity contribution in [2.75, 3.05) is 56.6 Å². The minimum Gasteiger partial charge on any atom is -0.493 e. The lowest BCUT2D eigenvalue weighted by Gasteiger charge is -2.15. The molecular weight excluding hydrogens is 1370 g/mol. The fourth-order valence-electron chi connectivity index (χ4n) is 8.19. The Hall–Kier alpha value is -9.33. The van der Waals surface area contributed by atoms with Crippen molar-refractivity contribution in [3.8, 4) is 11.9 Å². The largest absolute Gasteiger partial charge is 0.493 e. The van der Waals surface area contributed by atoms with Crippen LogP contribution in [0.1, 0.15) is 30.9 Å². The number of aromatic hydroxyl groups is 1. The van der Waals surface area contributed by atoms with E-state index in [1.165, 1.54) is 47.7 Å². The molecule has 0 atom stereocenters. The number of rotatable bonds is 28. The number of non-ortho nitro benzene ring substituents is 1. The third-order valence-corrected chi connectivity index (χ3v) is 18.6. The van der Waals surface area contributed by atoms with E-state index in [1.807, 2.05) is 0 Å². The van der Waals surface area contributed by atoms with Crippen LogP contribution in [0.3, 0.4) is 0 Å². The summed E-state index contributed by atoms with van der Waals surface area (Å²) < 4.78 is 170. The number of azo groups is 3. The normalized spacial score (nSPS) is 12.5. The third-order valence-electron chi connectivity index (χ3n) is 12.3. The van der Waals surface area contributed by atoms with Crippen LogP contribution in [0, 0.1) is 28.4 Å². The summed E-state index contributed by atoms with van der Waals surface area (Å²) in [6.07, 6.45) is -0.348. The van der Waals surface area contributed by atoms with Crippen molar-refractivity contribution < 1.29 is 79.7 Å². The van der Waals surface area contributed by atoms with E-state index in [0.717, 1.165) is 54.7 Å². The topological polar surface area (TPSA) is 554 Å². The highest BCUT2D eigenvalue weighted by molar-refractivity contribution is 7.99. The van der Waals surface area contributed by atoms with Gasteiger partial charge in [-0.25, -0.2) is 4.98 Å². The second-order valence-corrected chi connectivity index (χ2v) is 28.9. The molecule has 0 saturated carbocycles. The molecule has 0 aliphatic heterocycles. The van der Waals surface area contributed by atoms with E-state index in [9.17, 15) is 90.1 Å². The zero-order chi connectivity index (χ0) is 67.8. The first-order valence-corrected chi connectivity index (χ1v) is 35.7. The molecule has 8 rings (SSSR count). The molecule has 0 fully saturated rings. The molecule has 0 saturated heterocycles. The zero-order valence-electron chi connectivity index (χ0n) is 47.5. The molecule has 36 nitrogen and oxygen atoms in total. The van der Waals surface area contributed by atoms with Gasteiger partial charge in [0, 0.05) is 46.6 Å². The van der Waals surface area contributed by atoms with Crippen LogP contribution in [0.25, 0.3) is 16.7 Å². The van der Waals surface area contributed by atoms with E-state index in [0.29, 0.717) is 17.1 Å². The van der Waals surface area contributed by atoms with Crippen LogP contribution in [0.4, 0.5) is 74.7 Å². The Kier molecular flexibility index (Phi) is 21.4. The summed E-state index contributed by atoms with van der Waals surface area (Å²) in [7, 11) is -23.5. The van der Waals surface area contributed by atoms with E-state index < -0.39 is 118 Å². The average molecular weight is 1410 g/mol. The van der Waals surface area contributed by atoms with Crippen molar-refractivity contribution in [3.05, 3.63) is 112 Å². The molecule has 0 radical (unpaired) electrons. The van der Waals surface area contributed by atoms with Gasteiger partial charge >= 0.3 is 0 Å². The number of carbonyl (C=O) groups excluding carboxylic acids is 1. The molecule has 8 aromatic rings. The lowest BCUT2D eigenvalue weighted by Crippen LogP contribution is -2.17. The zero-order valence-corrected chi connectivity index (χ0v) is 53.2. The SMILES string of the molecule is CC(=O)Nc1cc(N=Nc2cc(SCCCS(=O)(=O)O)c(N=Nc3c(C)c(C#N)c4nc5ccccc5n4c3O)cc2Nc2nc(NCCS(=O)(=O)O)nc(Nc3cccc(S(=O)(=O)O)c3)n2)c(SCCCS(=O)(=O)O)cc1N=Nc1ccc([N+](=O)[O-])cc1S(=O)(=O)O. The number of anilines is 6. The molecule has 3 heterocycles. The summed E-state index contributed by atoms with van der Waals surface area (Å²) in [5.74, 6) is -4.86. The molecule has 0 spiro atoms. The molecule has 0 aliphatic carbocycles. The Balaban J connectivity index is 1.35. The van der Waals surface area contributed by atoms with Crippen molar-refractivity contribution >= 4 is 171 Å². The Morgan fingerprint density at radius 2 is 1.20 bits per heavy atom. The first-order valence-electron chi connectivity index (χ1n) is 26.0. The number of benzene rings is 5. The van der Waals surface area contributed by atoms with E-state index in [-0.39, 0.29) is 108 Å². The number of nitro groups is 1. The summed E-state index contributed by atoms with van der Waals surface area (Å²) in [5.41, 5.74) is -1.66. The van der Waals surface area contributed by atoms with Gasteiger partial charge in [-0.15, -0.1) is 54.2 Å². The van der Waals surface area contributed by atoms with Gasteiger partial charge in [0.05, 0.1) is 49.5 Å². The van der Waals surface area contributed by atoms with Gasteiger partial charge in [-0.1, -0.05) is 18.2 Å². The van der Waals surface area contributed by atoms with Crippen molar-refractivity contribution in [1.29, 1.82) is 5.26 Å². The second-order valence-electron chi connectivity index (χ2n) is 19.1. The van der Waals surface area contributed by atoms with Gasteiger partial charge in [0.25, 0.3) is 56.3 Å². The predicted molar refractivity (Wildman–Crippen MR) is 338 cm³/mol. The van der Waals surface area contributed by atoms with Crippen LogP contribution in [-0.4, -0.2) is 140 Å². The number of nitriles is 1. The maximum Gasteiger partial charge on any atom is 0.297 e. The van der Waals surface area contributed by atoms with E-state index in [1.54, 1.807) is 24.3 Å². The minimum atomic E-state index is -5.18. The maximum absolute atomic E-state index is 12.8. The van der Waals surface area contributed by atoms with Crippen LogP contribution < -0.4 is 21.3 Å². The lowest BCUT2D eigenvalue weighted by molar-refractivity contribution is -0.385. The highest BCUT2D eigenvalue weighted by Crippen LogP contribution is 2.46. The van der Waals surface area contributed by atoms with Crippen LogP contribution >= 0.6 is 23.5 Å². The van der Waals surface area contributed by atoms with Gasteiger partial charge in [-0.3, -0.25) is 42.1 Å². The van der Waals surface area contributed by atoms with Crippen LogP contribution in [0.2, 0.25) is 0 Å². The molecule has 0 aliphatic rings. The number of thioether (sulfide) groups is 2. The Morgan fingerprint density at radius 3 is 1.78 bits per heavy atom. The standard InChI is InChI=1S/C50H47N17O19S7/c1-27-32(26-51)46-55-33-10-3-4-11-41(33)66(46)47(69)45(27)65-64-40-23-36(56-50-58-48(52-14-19-91(78,79)80)57-49(59-50)54-29-8-5-9-31(20-29)92(81,82)83)38(25-43(40)88-16-7-18-90(75,76)77)62-63-39-22-35(53-28(2)68)37(24-42(39)87-15-6-17-89(72,73)74)61-60-34-13-12-30(67(70)71)21-44(34)93(84,85)86/h3-5,8-13,20-25,69H,6-7,14-19H2,1-2H3,(H,53,68)(H,72,73,74)(H,75,76,77)(H,78,79,80)(H,81,82,83)(H,84,85,86)(H3,52,54,56,57,58,59). The molecule has 93 heavy (non-hydrogen) atoms. The monoisotopic (exact) mass is 1410 g/mol. The summed E-state index contributed by atoms with van der Waals surface area (Å²) in [4.78, 5) is 39.4. The quantitative estimate of drug-likeness (QED) is 0.00544. The summed E-state index contributed by atoms with van der Waals surface area (Å²) in [6.45, 7) is 2.07. The van der Waals surface area contributed by atoms with E-state index in [2.05, 4.69) is 78.0 Å². The number of fused-ring (bicyclic) bond motifs is 3. The molecule has 5 aromatic carbocycles. The van der Waals surface area contributed by atoms with Crippen molar-refractivity contribution in [2.45, 2.75) is 46.3 Å². The van der Waals surface area contributed by atoms with Gasteiger partial charge in [0.15, 0.2) is 11.3 Å². The Morgan fingerprint density at radius 1 is 0.645 bits per heavy atom. The molecule has 10 N–H and O–H groups in total. The number of nitro benzene ring substituents is 1. The summed E-state index contributed by atoms with van der Waals surface area (Å²) in [5, 5.41) is 70.5. The number of nitrogens with zero attached hydrogens (tertiary/aromatic N) is 13. The fraction of sp³-hybridized carbons (Fsp3) is 0.200. The molecule has 43 heteroatoms. The number of hydrogen-bond acceptors (Lipinski definition) is 30. The van der Waals surface area contributed by atoms with Gasteiger partial charge in [-0.2, -0.15) is 62.3 Å². The maximum atomic E-state index is 12.8. The number of aromatic nitrogens is 5. The number of para-hydroxylation sites is 2. The molecular formula is C50H47N17O19S7. The van der Waals surface area contributed by atoms with Crippen LogP contribution in [-0.2, 0) is 55.4 Å². The first-order chi connectivity index (χ1) is 43.6. The van der Waals surface area contributed by atoms with Crippen LogP contribution in [0.5, 0.6) is 5.88 Å². The van der Waals surface area contributed by atoms with Crippen molar-refractivity contribution in [2.24, 2.45) is 30.7 Å². The molecule has 0 bridgehead atoms. The molecule has 0 unspecified atom stereocenters. The van der Waals surface area contributed by atoms with E-state index >= 15 is 0 Å². The summed E-state index contributed by atoms with van der Waals surface area (Å²) in [6, 6.07) is 20.7. The van der Waals surface area contributed by atoms with Crippen LogP contribution in [0.15, 0.2) is 141 Å². The molecule has 488 valence electrons. The Labute approximate surface area is 535 Å². The van der Waals surface area contributed by atoms with Gasteiger partial charge in [-0.05, 0) is 91.9 Å². The van der Waals surface area contributed by atoms with Gasteiger partial charge in [0.2, 0.25) is 29.6 Å². The first kappa shape index (κ1) is 69.6. The number of pyridine rings is 1. The van der Waals surface area contributed by atoms with Gasteiger partial charge < -0.3 is 26.4 Å². The molecule has 1 amide bonds. The summed E-state index contributed by atoms with van der Waals surface area (Å²) >= 11 is 1.84. The lowest BCUT2D eigenvalue weighted by atomic mass is 10.1. The highest BCUT2D eigenvalue weighted by Gasteiger charge is 2.25. The van der Waals surface area contributed by atoms with Crippen molar-refractivity contribution in [1.82, 2.24) is 24.3 Å². The number of nitrogens with one attached hydrogen (secondary N) is 4.